The highest BCUT2D eigenvalue weighted by atomic mass is 35.5. The van der Waals surface area contributed by atoms with Gasteiger partial charge in [0.2, 0.25) is 11.8 Å². The number of carbonyl (C=O) groups excluding carboxylic acids is 2. The molecule has 1 N–H and O–H groups in total. The van der Waals surface area contributed by atoms with E-state index in [-0.39, 0.29) is 29.8 Å². The van der Waals surface area contributed by atoms with Gasteiger partial charge in [-0.2, -0.15) is 0 Å². The van der Waals surface area contributed by atoms with E-state index in [0.717, 1.165) is 21.0 Å². The fourth-order valence-corrected chi connectivity index (χ4v) is 6.72. The molecule has 4 aromatic rings. The molecule has 0 spiro atoms. The van der Waals surface area contributed by atoms with Crippen molar-refractivity contribution in [2.45, 2.75) is 64.1 Å². The molecule has 0 aliphatic rings. The van der Waals surface area contributed by atoms with Crippen LogP contribution in [0.25, 0.3) is 0 Å². The van der Waals surface area contributed by atoms with Gasteiger partial charge in [0.25, 0.3) is 10.0 Å². The summed E-state index contributed by atoms with van der Waals surface area (Å²) in [6.07, 6.45) is 0.926. The minimum atomic E-state index is -4.23. The number of anilines is 1. The molecule has 46 heavy (non-hydrogen) atoms. The van der Waals surface area contributed by atoms with Crippen molar-refractivity contribution in [3.8, 4) is 0 Å². The molecule has 0 saturated carbocycles. The number of halogens is 2. The molecule has 7 nitrogen and oxygen atoms in total. The second-order valence-electron chi connectivity index (χ2n) is 11.4. The van der Waals surface area contributed by atoms with E-state index < -0.39 is 28.5 Å². The summed E-state index contributed by atoms with van der Waals surface area (Å²) in [5.74, 6) is -0.872. The van der Waals surface area contributed by atoms with Gasteiger partial charge >= 0.3 is 0 Å². The van der Waals surface area contributed by atoms with Crippen molar-refractivity contribution in [1.82, 2.24) is 10.2 Å². The van der Waals surface area contributed by atoms with Crippen molar-refractivity contribution >= 4 is 50.7 Å². The molecule has 0 saturated heterocycles. The molecule has 0 aliphatic heterocycles. The van der Waals surface area contributed by atoms with Gasteiger partial charge in [0.05, 0.1) is 10.6 Å². The van der Waals surface area contributed by atoms with Crippen molar-refractivity contribution < 1.29 is 18.0 Å². The molecule has 2 amide bonds. The first-order valence-corrected chi connectivity index (χ1v) is 17.3. The average Bonchev–Trinajstić information content (AvgIpc) is 3.03. The van der Waals surface area contributed by atoms with Crippen LogP contribution in [0.5, 0.6) is 0 Å². The Hall–Kier alpha value is -3.85. The normalized spacial score (nSPS) is 12.7. The number of hydrogen-bond donors (Lipinski definition) is 1. The maximum Gasteiger partial charge on any atom is 0.264 e. The summed E-state index contributed by atoms with van der Waals surface area (Å²) in [5.41, 5.74) is 3.74. The minimum absolute atomic E-state index is 0.0142. The van der Waals surface area contributed by atoms with Crippen molar-refractivity contribution in [2.24, 2.45) is 0 Å². The van der Waals surface area contributed by atoms with E-state index in [1.165, 1.54) is 29.2 Å². The highest BCUT2D eigenvalue weighted by Crippen LogP contribution is 2.28. The molecule has 0 aromatic heterocycles. The molecule has 0 aliphatic carbocycles. The van der Waals surface area contributed by atoms with Crippen LogP contribution in [0.2, 0.25) is 10.0 Å². The van der Waals surface area contributed by atoms with Crippen LogP contribution >= 0.6 is 23.2 Å². The summed E-state index contributed by atoms with van der Waals surface area (Å²) in [6.45, 7) is 7.17. The van der Waals surface area contributed by atoms with E-state index in [2.05, 4.69) is 5.32 Å². The van der Waals surface area contributed by atoms with E-state index in [4.69, 9.17) is 23.2 Å². The van der Waals surface area contributed by atoms with Gasteiger partial charge in [0.1, 0.15) is 12.6 Å². The predicted molar refractivity (Wildman–Crippen MR) is 186 cm³/mol. The van der Waals surface area contributed by atoms with E-state index in [0.29, 0.717) is 27.7 Å². The molecule has 0 bridgehead atoms. The molecule has 242 valence electrons. The number of hydrogen-bond acceptors (Lipinski definition) is 4. The Morgan fingerprint density at radius 2 is 1.48 bits per heavy atom. The highest BCUT2D eigenvalue weighted by Gasteiger charge is 2.35. The number of sulfonamides is 1. The van der Waals surface area contributed by atoms with Crippen molar-refractivity contribution in [3.05, 3.63) is 129 Å². The smallest absolute Gasteiger partial charge is 0.264 e. The Morgan fingerprint density at radius 3 is 2.11 bits per heavy atom. The van der Waals surface area contributed by atoms with Crippen molar-refractivity contribution in [2.75, 3.05) is 10.8 Å². The zero-order valence-electron chi connectivity index (χ0n) is 26.4. The lowest BCUT2D eigenvalue weighted by Gasteiger charge is -2.34. The molecule has 0 heterocycles. The maximum atomic E-state index is 14.6. The summed E-state index contributed by atoms with van der Waals surface area (Å²) >= 11 is 12.4. The molecule has 4 aromatic carbocycles. The quantitative estimate of drug-likeness (QED) is 0.160. The van der Waals surface area contributed by atoms with Gasteiger partial charge < -0.3 is 10.2 Å². The molecule has 4 rings (SSSR count). The molecule has 10 heteroatoms. The Labute approximate surface area is 282 Å². The summed E-state index contributed by atoms with van der Waals surface area (Å²) in [7, 11) is -4.23. The second-order valence-corrected chi connectivity index (χ2v) is 14.1. The second kappa shape index (κ2) is 15.6. The molecule has 2 unspecified atom stereocenters. The molecule has 0 fully saturated rings. The third-order valence-electron chi connectivity index (χ3n) is 7.97. The Morgan fingerprint density at radius 1 is 0.804 bits per heavy atom. The van der Waals surface area contributed by atoms with Crippen LogP contribution in [0.15, 0.2) is 102 Å². The molecule has 0 radical (unpaired) electrons. The number of nitrogens with zero attached hydrogens (tertiary/aromatic N) is 2. The summed E-state index contributed by atoms with van der Waals surface area (Å²) in [5, 5.41) is 3.91. The summed E-state index contributed by atoms with van der Waals surface area (Å²) in [6, 6.07) is 26.5. The standard InChI is InChI=1S/C36H39Cl2N3O4S/c1-5-27(4)39-36(43)34(22-28-10-7-6-8-11-28)40(23-29-12-9-13-31(38)21-29)35(42)24-41(32-17-14-25(2)26(3)20-32)46(44,45)33-18-15-30(37)16-19-33/h6-21,27,34H,5,22-24H2,1-4H3,(H,39,43). The fourth-order valence-electron chi connectivity index (χ4n) is 4.97. The van der Waals surface area contributed by atoms with Crippen LogP contribution < -0.4 is 9.62 Å². The zero-order valence-corrected chi connectivity index (χ0v) is 28.7. The summed E-state index contributed by atoms with van der Waals surface area (Å²) in [4.78, 5) is 30.0. The molecular weight excluding hydrogens is 641 g/mol. The topological polar surface area (TPSA) is 86.8 Å². The van der Waals surface area contributed by atoms with Gasteiger partial charge in [-0.15, -0.1) is 0 Å². The third kappa shape index (κ3) is 8.90. The van der Waals surface area contributed by atoms with E-state index in [9.17, 15) is 18.0 Å². The third-order valence-corrected chi connectivity index (χ3v) is 10.2. The van der Waals surface area contributed by atoms with Crippen LogP contribution in [0.3, 0.4) is 0 Å². The van der Waals surface area contributed by atoms with E-state index in [1.807, 2.05) is 70.2 Å². The Kier molecular flexibility index (Phi) is 11.9. The Balaban J connectivity index is 1.83. The van der Waals surface area contributed by atoms with E-state index in [1.54, 1.807) is 30.3 Å². The minimum Gasteiger partial charge on any atom is -0.352 e. The largest absolute Gasteiger partial charge is 0.352 e. The molecule has 2 atom stereocenters. The lowest BCUT2D eigenvalue weighted by atomic mass is 10.0. The molecular formula is C36H39Cl2N3O4S. The number of benzene rings is 4. The van der Waals surface area contributed by atoms with Gasteiger partial charge in [-0.3, -0.25) is 13.9 Å². The first-order valence-electron chi connectivity index (χ1n) is 15.1. The zero-order chi connectivity index (χ0) is 33.4. The monoisotopic (exact) mass is 679 g/mol. The lowest BCUT2D eigenvalue weighted by Crippen LogP contribution is -2.54. The van der Waals surface area contributed by atoms with Crippen LogP contribution in [0.4, 0.5) is 5.69 Å². The van der Waals surface area contributed by atoms with Gasteiger partial charge in [0, 0.05) is 29.1 Å². The highest BCUT2D eigenvalue weighted by molar-refractivity contribution is 7.92. The van der Waals surface area contributed by atoms with Gasteiger partial charge in [-0.25, -0.2) is 8.42 Å². The van der Waals surface area contributed by atoms with Crippen LogP contribution in [-0.4, -0.2) is 43.8 Å². The van der Waals surface area contributed by atoms with Crippen molar-refractivity contribution in [1.29, 1.82) is 0 Å². The van der Waals surface area contributed by atoms with Gasteiger partial charge in [-0.05, 0) is 98.0 Å². The fraction of sp³-hybridized carbons (Fsp3) is 0.278. The first-order chi connectivity index (χ1) is 21.9. The Bertz CT molecular complexity index is 1770. The number of carbonyl (C=O) groups is 2. The van der Waals surface area contributed by atoms with Crippen LogP contribution in [-0.2, 0) is 32.6 Å². The average molecular weight is 681 g/mol. The van der Waals surface area contributed by atoms with Crippen molar-refractivity contribution in [3.63, 3.8) is 0 Å². The summed E-state index contributed by atoms with van der Waals surface area (Å²) < 4.78 is 29.5. The number of nitrogens with one attached hydrogen (secondary N) is 1. The van der Waals surface area contributed by atoms with Gasteiger partial charge in [-0.1, -0.05) is 78.7 Å². The lowest BCUT2D eigenvalue weighted by molar-refractivity contribution is -0.140. The predicted octanol–water partition coefficient (Wildman–Crippen LogP) is 7.36. The first kappa shape index (κ1) is 35.0. The number of aryl methyl sites for hydroxylation is 2. The number of amides is 2. The SMILES string of the molecule is CCC(C)NC(=O)C(Cc1ccccc1)N(Cc1cccc(Cl)c1)C(=O)CN(c1ccc(C)c(C)c1)S(=O)(=O)c1ccc(Cl)cc1. The number of rotatable bonds is 13. The van der Waals surface area contributed by atoms with Crippen LogP contribution in [0, 0.1) is 13.8 Å². The van der Waals surface area contributed by atoms with E-state index >= 15 is 0 Å². The van der Waals surface area contributed by atoms with Crippen LogP contribution in [0.1, 0.15) is 42.5 Å². The maximum absolute atomic E-state index is 14.6. The van der Waals surface area contributed by atoms with Gasteiger partial charge in [0.15, 0.2) is 0 Å².